The zero-order valence-electron chi connectivity index (χ0n) is 27.7. The average molecular weight is 676 g/mol. The number of ether oxygens (including phenoxy) is 2. The molecule has 1 aliphatic rings. The van der Waals surface area contributed by atoms with Crippen molar-refractivity contribution in [3.8, 4) is 0 Å². The minimum atomic E-state index is -0.803. The molecule has 4 aromatic carbocycles. The van der Waals surface area contributed by atoms with E-state index in [2.05, 4.69) is 20.9 Å². The van der Waals surface area contributed by atoms with Gasteiger partial charge >= 0.3 is 18.2 Å². The van der Waals surface area contributed by atoms with Gasteiger partial charge in [-0.1, -0.05) is 121 Å². The Balaban J connectivity index is 1.18. The van der Waals surface area contributed by atoms with Crippen LogP contribution in [0.5, 0.6) is 0 Å². The van der Waals surface area contributed by atoms with Crippen LogP contribution in [-0.4, -0.2) is 47.6 Å². The summed E-state index contributed by atoms with van der Waals surface area (Å²) < 4.78 is 10.6. The number of guanidine groups is 1. The maximum Gasteiger partial charge on any atom is 0.414 e. The van der Waals surface area contributed by atoms with Crippen LogP contribution in [0.4, 0.5) is 14.4 Å². The summed E-state index contributed by atoms with van der Waals surface area (Å²) >= 11 is 0. The Bertz CT molecular complexity index is 1660. The summed E-state index contributed by atoms with van der Waals surface area (Å²) in [5.74, 6) is -0.737. The third-order valence-electron chi connectivity index (χ3n) is 8.24. The number of hydrogen-bond donors (Lipinski definition) is 3. The highest BCUT2D eigenvalue weighted by Gasteiger charge is 2.49. The lowest BCUT2D eigenvalue weighted by atomic mass is 9.80. The van der Waals surface area contributed by atoms with Crippen LogP contribution in [0.15, 0.2) is 126 Å². The maximum atomic E-state index is 13.3. The fraction of sp³-hybridized carbons (Fsp3) is 0.256. The number of rotatable bonds is 13. The molecule has 0 bridgehead atoms. The van der Waals surface area contributed by atoms with E-state index >= 15 is 0 Å². The number of nitrogens with one attached hydrogen (secondary N) is 3. The number of carbonyl (C=O) groups excluding carboxylic acids is 4. The van der Waals surface area contributed by atoms with Gasteiger partial charge in [0.05, 0.1) is 12.0 Å². The predicted molar refractivity (Wildman–Crippen MR) is 189 cm³/mol. The van der Waals surface area contributed by atoms with Gasteiger partial charge < -0.3 is 14.8 Å². The van der Waals surface area contributed by atoms with Gasteiger partial charge in [0.25, 0.3) is 0 Å². The van der Waals surface area contributed by atoms with Crippen LogP contribution in [0.2, 0.25) is 0 Å². The molecule has 0 spiro atoms. The van der Waals surface area contributed by atoms with E-state index in [1.807, 2.05) is 121 Å². The van der Waals surface area contributed by atoms with Crippen LogP contribution in [0, 0.1) is 5.92 Å². The molecule has 1 aliphatic heterocycles. The molecular weight excluding hydrogens is 634 g/mol. The first-order valence-corrected chi connectivity index (χ1v) is 16.6. The Morgan fingerprint density at radius 2 is 1.12 bits per heavy atom. The molecule has 11 nitrogen and oxygen atoms in total. The van der Waals surface area contributed by atoms with Crippen LogP contribution >= 0.6 is 0 Å². The van der Waals surface area contributed by atoms with E-state index in [4.69, 9.17) is 9.47 Å². The lowest BCUT2D eigenvalue weighted by Gasteiger charge is -2.46. The summed E-state index contributed by atoms with van der Waals surface area (Å²) in [6, 6.07) is 37.2. The summed E-state index contributed by atoms with van der Waals surface area (Å²) in [6.07, 6.45) is 0.657. The van der Waals surface area contributed by atoms with Gasteiger partial charge in [-0.25, -0.2) is 14.4 Å². The fourth-order valence-electron chi connectivity index (χ4n) is 5.64. The third-order valence-corrected chi connectivity index (χ3v) is 8.24. The van der Waals surface area contributed by atoms with E-state index in [-0.39, 0.29) is 43.6 Å². The molecule has 0 unspecified atom stereocenters. The molecule has 0 aromatic heterocycles. The number of likely N-dealkylation sites (tertiary alicyclic amines) is 1. The van der Waals surface area contributed by atoms with Crippen LogP contribution in [-0.2, 0) is 40.4 Å². The number of benzene rings is 4. The Labute approximate surface area is 291 Å². The van der Waals surface area contributed by atoms with Crippen molar-refractivity contribution in [2.45, 2.75) is 51.5 Å². The molecule has 1 saturated heterocycles. The SMILES string of the molecule is O=C(NC(=NCCC[C@H]1C(=O)N(C(=O)NCc2ccccc2)[C@@H]1CCc1ccccc1)NC(=O)OCc1ccccc1)OCc1ccccc1. The van der Waals surface area contributed by atoms with E-state index in [1.54, 1.807) is 0 Å². The summed E-state index contributed by atoms with van der Waals surface area (Å²) in [5, 5.41) is 7.85. The molecule has 0 aliphatic carbocycles. The van der Waals surface area contributed by atoms with Gasteiger partial charge in [0, 0.05) is 13.1 Å². The summed E-state index contributed by atoms with van der Waals surface area (Å²) in [5.41, 5.74) is 3.66. The Kier molecular flexibility index (Phi) is 13.1. The first-order valence-electron chi connectivity index (χ1n) is 16.6. The minimum Gasteiger partial charge on any atom is -0.444 e. The molecule has 5 amide bonds. The Morgan fingerprint density at radius 1 is 0.640 bits per heavy atom. The predicted octanol–water partition coefficient (Wildman–Crippen LogP) is 6.35. The van der Waals surface area contributed by atoms with Gasteiger partial charge in [-0.15, -0.1) is 0 Å². The van der Waals surface area contributed by atoms with Gasteiger partial charge in [-0.05, 0) is 47.9 Å². The van der Waals surface area contributed by atoms with Crippen LogP contribution < -0.4 is 16.0 Å². The normalized spacial score (nSPS) is 14.9. The highest BCUT2D eigenvalue weighted by atomic mass is 16.6. The summed E-state index contributed by atoms with van der Waals surface area (Å²) in [6.45, 7) is 0.561. The van der Waals surface area contributed by atoms with E-state index in [9.17, 15) is 19.2 Å². The third kappa shape index (κ3) is 10.8. The smallest absolute Gasteiger partial charge is 0.414 e. The highest BCUT2D eigenvalue weighted by Crippen LogP contribution is 2.34. The molecule has 50 heavy (non-hydrogen) atoms. The van der Waals surface area contributed by atoms with Crippen molar-refractivity contribution in [1.29, 1.82) is 0 Å². The van der Waals surface area contributed by atoms with Crippen LogP contribution in [0.3, 0.4) is 0 Å². The van der Waals surface area contributed by atoms with Crippen molar-refractivity contribution in [2.75, 3.05) is 6.54 Å². The molecule has 0 radical (unpaired) electrons. The quantitative estimate of drug-likeness (QED) is 0.0654. The second kappa shape index (κ2) is 18.5. The van der Waals surface area contributed by atoms with Crippen molar-refractivity contribution in [3.05, 3.63) is 144 Å². The fourth-order valence-corrected chi connectivity index (χ4v) is 5.64. The van der Waals surface area contributed by atoms with E-state index in [0.29, 0.717) is 32.2 Å². The average Bonchev–Trinajstić information content (AvgIpc) is 3.15. The van der Waals surface area contributed by atoms with Crippen LogP contribution in [0.25, 0.3) is 0 Å². The van der Waals surface area contributed by atoms with Gasteiger partial charge in [0.1, 0.15) is 13.2 Å². The van der Waals surface area contributed by atoms with Gasteiger partial charge in [0.15, 0.2) is 0 Å². The number of nitrogens with zero attached hydrogens (tertiary/aromatic N) is 2. The van der Waals surface area contributed by atoms with Crippen molar-refractivity contribution >= 4 is 30.1 Å². The first-order chi connectivity index (χ1) is 24.5. The number of β-lactam (4-membered cyclic amide) rings is 1. The zero-order chi connectivity index (χ0) is 35.0. The number of hydrogen-bond acceptors (Lipinski definition) is 7. The molecule has 1 heterocycles. The molecule has 1 fully saturated rings. The first kappa shape index (κ1) is 35.3. The van der Waals surface area contributed by atoms with Crippen molar-refractivity contribution in [2.24, 2.45) is 10.9 Å². The highest BCUT2D eigenvalue weighted by molar-refractivity contribution is 6.02. The molecule has 2 atom stereocenters. The number of carbonyl (C=O) groups is 4. The summed E-state index contributed by atoms with van der Waals surface area (Å²) in [4.78, 5) is 57.4. The van der Waals surface area contributed by atoms with E-state index < -0.39 is 18.2 Å². The van der Waals surface area contributed by atoms with Crippen molar-refractivity contribution in [1.82, 2.24) is 20.9 Å². The van der Waals surface area contributed by atoms with Crippen molar-refractivity contribution < 1.29 is 28.7 Å². The van der Waals surface area contributed by atoms with Gasteiger partial charge in [-0.3, -0.25) is 25.3 Å². The molecule has 4 aromatic rings. The van der Waals surface area contributed by atoms with Crippen molar-refractivity contribution in [3.63, 3.8) is 0 Å². The Hall–Kier alpha value is -5.97. The molecule has 5 rings (SSSR count). The molecular formula is C39H41N5O6. The minimum absolute atomic E-state index is 0.0298. The molecule has 3 N–H and O–H groups in total. The topological polar surface area (TPSA) is 138 Å². The van der Waals surface area contributed by atoms with E-state index in [0.717, 1.165) is 22.3 Å². The second-order valence-electron chi connectivity index (χ2n) is 11.8. The lowest BCUT2D eigenvalue weighted by molar-refractivity contribution is -0.150. The van der Waals surface area contributed by atoms with E-state index in [1.165, 1.54) is 4.90 Å². The molecule has 0 saturated carbocycles. The van der Waals surface area contributed by atoms with Crippen LogP contribution in [0.1, 0.15) is 41.5 Å². The summed E-state index contributed by atoms with van der Waals surface area (Å²) in [7, 11) is 0. The number of amides is 5. The standard InChI is InChI=1S/C39H41N5O6/c45-35-33(34(24-23-29-14-5-1-6-15-29)44(35)37(46)41-26-30-16-7-2-8-17-30)22-13-25-40-36(42-38(47)49-27-31-18-9-3-10-19-31)43-39(48)50-28-32-20-11-4-12-21-32/h1-12,14-21,33-34H,13,22-28H2,(H,41,46)(H2,40,42,43,47,48)/t33-,34-/m1/s1. The number of aryl methyl sites for hydroxylation is 1. The maximum absolute atomic E-state index is 13.3. The van der Waals surface area contributed by atoms with Gasteiger partial charge in [-0.2, -0.15) is 0 Å². The number of urea groups is 1. The number of aliphatic imine (C=N–C) groups is 1. The number of alkyl carbamates (subject to hydrolysis) is 2. The monoisotopic (exact) mass is 675 g/mol. The molecule has 11 heteroatoms. The lowest BCUT2D eigenvalue weighted by Crippen LogP contribution is -2.65. The molecule has 258 valence electrons. The second-order valence-corrected chi connectivity index (χ2v) is 11.8. The number of imide groups is 1. The zero-order valence-corrected chi connectivity index (χ0v) is 27.7. The Morgan fingerprint density at radius 3 is 1.64 bits per heavy atom. The largest absolute Gasteiger partial charge is 0.444 e. The van der Waals surface area contributed by atoms with Gasteiger partial charge in [0.2, 0.25) is 11.9 Å².